The molecule has 1 aliphatic heterocycles. The van der Waals surface area contributed by atoms with Crippen LogP contribution in [0.5, 0.6) is 0 Å². The summed E-state index contributed by atoms with van der Waals surface area (Å²) in [6, 6.07) is 4.12. The summed E-state index contributed by atoms with van der Waals surface area (Å²) < 4.78 is 6.45. The predicted molar refractivity (Wildman–Crippen MR) is 75.7 cm³/mol. The van der Waals surface area contributed by atoms with E-state index in [0.717, 1.165) is 10.2 Å². The van der Waals surface area contributed by atoms with Gasteiger partial charge in [-0.05, 0) is 34.5 Å². The molecule has 0 aliphatic carbocycles. The second-order valence-electron chi connectivity index (χ2n) is 4.26. The minimum absolute atomic E-state index is 0.0429. The maximum atomic E-state index is 12.2. The first-order valence-electron chi connectivity index (χ1n) is 6.02. The maximum Gasteiger partial charge on any atom is 0.223 e. The van der Waals surface area contributed by atoms with Gasteiger partial charge in [0.2, 0.25) is 5.91 Å². The molecule has 1 aromatic heterocycles. The predicted octanol–water partition coefficient (Wildman–Crippen LogP) is 1.63. The van der Waals surface area contributed by atoms with E-state index in [9.17, 15) is 4.79 Å². The number of rotatable bonds is 4. The van der Waals surface area contributed by atoms with Gasteiger partial charge in [0.05, 0.1) is 23.0 Å². The number of amides is 1. The van der Waals surface area contributed by atoms with Crippen molar-refractivity contribution in [2.45, 2.75) is 18.9 Å². The minimum atomic E-state index is 0.0429. The highest BCUT2D eigenvalue weighted by atomic mass is 79.9. The molecule has 1 saturated heterocycles. The van der Waals surface area contributed by atoms with Gasteiger partial charge in [-0.2, -0.15) is 0 Å². The third-order valence-corrected chi connectivity index (χ3v) is 4.72. The topological polar surface area (TPSA) is 55.6 Å². The maximum absolute atomic E-state index is 12.2. The number of morpholine rings is 1. The van der Waals surface area contributed by atoms with Crippen LogP contribution in [0.1, 0.15) is 11.3 Å². The third kappa shape index (κ3) is 3.54. The van der Waals surface area contributed by atoms with Crippen LogP contribution in [0.25, 0.3) is 0 Å². The minimum Gasteiger partial charge on any atom is -0.377 e. The van der Waals surface area contributed by atoms with E-state index in [4.69, 9.17) is 10.5 Å². The van der Waals surface area contributed by atoms with E-state index in [0.29, 0.717) is 32.7 Å². The fourth-order valence-corrected chi connectivity index (χ4v) is 3.52. The molecule has 0 spiro atoms. The Bertz CT molecular complexity index is 411. The Hall–Kier alpha value is -0.430. The molecule has 0 saturated carbocycles. The van der Waals surface area contributed by atoms with Crippen LogP contribution in [0.2, 0.25) is 0 Å². The molecule has 2 N–H and O–H groups in total. The van der Waals surface area contributed by atoms with Crippen LogP contribution in [0, 0.1) is 0 Å². The third-order valence-electron chi connectivity index (χ3n) is 3.03. The molecular weight excluding hydrogens is 316 g/mol. The molecule has 1 unspecified atom stereocenters. The van der Waals surface area contributed by atoms with Gasteiger partial charge in [-0.3, -0.25) is 4.79 Å². The van der Waals surface area contributed by atoms with Gasteiger partial charge in [-0.1, -0.05) is 0 Å². The molecule has 1 fully saturated rings. The Balaban J connectivity index is 1.86. The quantitative estimate of drug-likeness (QED) is 0.911. The lowest BCUT2D eigenvalue weighted by Crippen LogP contribution is -2.52. The number of nitrogens with zero attached hydrogens (tertiary/aromatic N) is 1. The van der Waals surface area contributed by atoms with Crippen LogP contribution >= 0.6 is 27.3 Å². The second-order valence-corrected chi connectivity index (χ2v) is 6.80. The summed E-state index contributed by atoms with van der Waals surface area (Å²) in [5, 5.41) is 0. The monoisotopic (exact) mass is 332 g/mol. The largest absolute Gasteiger partial charge is 0.377 e. The zero-order chi connectivity index (χ0) is 13.0. The van der Waals surface area contributed by atoms with E-state index < -0.39 is 0 Å². The van der Waals surface area contributed by atoms with Gasteiger partial charge in [0.25, 0.3) is 0 Å². The lowest BCUT2D eigenvalue weighted by molar-refractivity contribution is -0.139. The summed E-state index contributed by atoms with van der Waals surface area (Å²) in [7, 11) is 0. The molecule has 18 heavy (non-hydrogen) atoms. The Morgan fingerprint density at radius 1 is 1.61 bits per heavy atom. The van der Waals surface area contributed by atoms with Crippen molar-refractivity contribution in [2.24, 2.45) is 5.73 Å². The average Bonchev–Trinajstić information content (AvgIpc) is 2.81. The van der Waals surface area contributed by atoms with E-state index in [-0.39, 0.29) is 11.9 Å². The van der Waals surface area contributed by atoms with Gasteiger partial charge in [0.1, 0.15) is 0 Å². The van der Waals surface area contributed by atoms with Crippen LogP contribution < -0.4 is 5.73 Å². The summed E-state index contributed by atoms with van der Waals surface area (Å²) >= 11 is 5.11. The van der Waals surface area contributed by atoms with Crippen LogP contribution in [0.3, 0.4) is 0 Å². The molecule has 1 aliphatic rings. The van der Waals surface area contributed by atoms with Gasteiger partial charge < -0.3 is 15.4 Å². The fraction of sp³-hybridized carbons (Fsp3) is 0.583. The Morgan fingerprint density at radius 2 is 2.44 bits per heavy atom. The molecular formula is C12H17BrN2O2S. The molecule has 1 aromatic rings. The highest BCUT2D eigenvalue weighted by molar-refractivity contribution is 9.11. The smallest absolute Gasteiger partial charge is 0.223 e. The van der Waals surface area contributed by atoms with Crippen molar-refractivity contribution >= 4 is 33.2 Å². The number of nitrogens with two attached hydrogens (primary N) is 1. The SMILES string of the molecule is NCC1COCCN1C(=O)CCc1ccc(Br)s1. The highest BCUT2D eigenvalue weighted by Gasteiger charge is 2.25. The number of carbonyl (C=O) groups is 1. The summed E-state index contributed by atoms with van der Waals surface area (Å²) in [6.07, 6.45) is 1.34. The van der Waals surface area contributed by atoms with E-state index in [1.807, 2.05) is 11.0 Å². The first-order valence-corrected chi connectivity index (χ1v) is 7.63. The number of aryl methyl sites for hydroxylation is 1. The molecule has 0 bridgehead atoms. The number of hydrogen-bond acceptors (Lipinski definition) is 4. The van der Waals surface area contributed by atoms with Crippen molar-refractivity contribution < 1.29 is 9.53 Å². The molecule has 0 aromatic carbocycles. The van der Waals surface area contributed by atoms with Crippen LogP contribution in [-0.2, 0) is 16.0 Å². The Morgan fingerprint density at radius 3 is 3.11 bits per heavy atom. The van der Waals surface area contributed by atoms with E-state index >= 15 is 0 Å². The molecule has 1 amide bonds. The van der Waals surface area contributed by atoms with E-state index in [2.05, 4.69) is 22.0 Å². The Kier molecular flexibility index (Phi) is 5.17. The zero-order valence-corrected chi connectivity index (χ0v) is 12.5. The summed E-state index contributed by atoms with van der Waals surface area (Å²) in [6.45, 7) is 2.31. The lowest BCUT2D eigenvalue weighted by atomic mass is 10.2. The first-order chi connectivity index (χ1) is 8.70. The molecule has 1 atom stereocenters. The fourth-order valence-electron chi connectivity index (χ4n) is 2.04. The van der Waals surface area contributed by atoms with Crippen LogP contribution in [0.15, 0.2) is 15.9 Å². The average molecular weight is 333 g/mol. The van der Waals surface area contributed by atoms with Gasteiger partial charge in [-0.15, -0.1) is 11.3 Å². The van der Waals surface area contributed by atoms with Crippen molar-refractivity contribution in [3.63, 3.8) is 0 Å². The molecule has 2 rings (SSSR count). The van der Waals surface area contributed by atoms with Crippen molar-refractivity contribution in [1.82, 2.24) is 4.90 Å². The summed E-state index contributed by atoms with van der Waals surface area (Å²) in [4.78, 5) is 15.3. The zero-order valence-electron chi connectivity index (χ0n) is 10.1. The highest BCUT2D eigenvalue weighted by Crippen LogP contribution is 2.23. The number of thiophene rings is 1. The van der Waals surface area contributed by atoms with E-state index in [1.54, 1.807) is 11.3 Å². The summed E-state index contributed by atoms with van der Waals surface area (Å²) in [5.74, 6) is 0.179. The van der Waals surface area contributed by atoms with Gasteiger partial charge in [0, 0.05) is 24.4 Å². The van der Waals surface area contributed by atoms with Gasteiger partial charge in [0.15, 0.2) is 0 Å². The van der Waals surface area contributed by atoms with Gasteiger partial charge in [-0.25, -0.2) is 0 Å². The second kappa shape index (κ2) is 6.65. The van der Waals surface area contributed by atoms with Crippen molar-refractivity contribution in [3.05, 3.63) is 20.8 Å². The van der Waals surface area contributed by atoms with Crippen molar-refractivity contribution in [1.29, 1.82) is 0 Å². The van der Waals surface area contributed by atoms with Gasteiger partial charge >= 0.3 is 0 Å². The van der Waals surface area contributed by atoms with Crippen LogP contribution in [0.4, 0.5) is 0 Å². The lowest BCUT2D eigenvalue weighted by Gasteiger charge is -2.35. The molecule has 2 heterocycles. The Labute approximate surface area is 119 Å². The normalized spacial score (nSPS) is 20.1. The molecule has 6 heteroatoms. The van der Waals surface area contributed by atoms with Crippen molar-refractivity contribution in [2.75, 3.05) is 26.3 Å². The molecule has 0 radical (unpaired) electrons. The standard InChI is InChI=1S/C12H17BrN2O2S/c13-11-3-1-10(18-11)2-4-12(16)15-5-6-17-8-9(15)7-14/h1,3,9H,2,4-8,14H2. The van der Waals surface area contributed by atoms with Crippen molar-refractivity contribution in [3.8, 4) is 0 Å². The molecule has 100 valence electrons. The number of carbonyl (C=O) groups excluding carboxylic acids is 1. The molecule has 4 nitrogen and oxygen atoms in total. The van der Waals surface area contributed by atoms with Crippen LogP contribution in [-0.4, -0.2) is 43.2 Å². The summed E-state index contributed by atoms with van der Waals surface area (Å²) in [5.41, 5.74) is 5.66. The number of ether oxygens (including phenoxy) is 1. The number of halogens is 1. The van der Waals surface area contributed by atoms with E-state index in [1.165, 1.54) is 4.88 Å². The first kappa shape index (κ1) is 14.0. The number of hydrogen-bond donors (Lipinski definition) is 1.